The van der Waals surface area contributed by atoms with Crippen molar-refractivity contribution >= 4 is 23.2 Å². The summed E-state index contributed by atoms with van der Waals surface area (Å²) in [6, 6.07) is 5.44. The van der Waals surface area contributed by atoms with E-state index in [1.807, 2.05) is 12.1 Å². The van der Waals surface area contributed by atoms with Gasteiger partial charge >= 0.3 is 0 Å². The van der Waals surface area contributed by atoms with Crippen LogP contribution in [0.3, 0.4) is 0 Å². The van der Waals surface area contributed by atoms with Crippen LogP contribution in [-0.2, 0) is 6.54 Å². The van der Waals surface area contributed by atoms with Crippen molar-refractivity contribution in [3.63, 3.8) is 0 Å². The van der Waals surface area contributed by atoms with Crippen molar-refractivity contribution < 1.29 is 0 Å². The van der Waals surface area contributed by atoms with E-state index in [0.29, 0.717) is 16.6 Å². The lowest BCUT2D eigenvalue weighted by atomic mass is 10.2. The maximum Gasteiger partial charge on any atom is 0.0424 e. The van der Waals surface area contributed by atoms with Crippen LogP contribution in [0.5, 0.6) is 0 Å². The van der Waals surface area contributed by atoms with E-state index in [9.17, 15) is 0 Å². The number of hydrogen-bond acceptors (Lipinski definition) is 1. The number of hydrogen-bond donors (Lipinski definition) is 1. The lowest BCUT2D eigenvalue weighted by Crippen LogP contribution is -2.03. The minimum Gasteiger partial charge on any atom is -0.387 e. The van der Waals surface area contributed by atoms with Gasteiger partial charge in [0, 0.05) is 16.6 Å². The highest BCUT2D eigenvalue weighted by atomic mass is 35.5. The fourth-order valence-corrected chi connectivity index (χ4v) is 1.47. The molecule has 0 fully saturated rings. The van der Waals surface area contributed by atoms with Gasteiger partial charge in [-0.05, 0) is 30.0 Å². The second-order valence-electron chi connectivity index (χ2n) is 2.36. The summed E-state index contributed by atoms with van der Waals surface area (Å²) < 4.78 is 0. The molecular weight excluding hydrogens is 193 g/mol. The average molecular weight is 202 g/mol. The summed E-state index contributed by atoms with van der Waals surface area (Å²) >= 11 is 11.6. The standard InChI is InChI=1S/C9H9Cl2N/c1-2-12-6-7-3-8(10)5-9(11)4-7/h2-5,12H,1,6H2. The van der Waals surface area contributed by atoms with Gasteiger partial charge < -0.3 is 5.32 Å². The van der Waals surface area contributed by atoms with Gasteiger partial charge in [-0.2, -0.15) is 0 Å². The normalized spacial score (nSPS) is 9.50. The zero-order valence-corrected chi connectivity index (χ0v) is 7.99. The molecule has 0 aliphatic rings. The Morgan fingerprint density at radius 1 is 1.25 bits per heavy atom. The molecule has 0 unspecified atom stereocenters. The van der Waals surface area contributed by atoms with E-state index >= 15 is 0 Å². The highest BCUT2D eigenvalue weighted by molar-refractivity contribution is 6.34. The SMILES string of the molecule is C=CNCc1cc(Cl)cc(Cl)c1. The smallest absolute Gasteiger partial charge is 0.0424 e. The van der Waals surface area contributed by atoms with Crippen molar-refractivity contribution in [1.82, 2.24) is 5.32 Å². The van der Waals surface area contributed by atoms with E-state index in [-0.39, 0.29) is 0 Å². The summed E-state index contributed by atoms with van der Waals surface area (Å²) in [5.74, 6) is 0. The molecule has 1 aromatic rings. The van der Waals surface area contributed by atoms with E-state index in [4.69, 9.17) is 23.2 Å². The molecule has 0 saturated heterocycles. The molecule has 1 N–H and O–H groups in total. The molecule has 0 bridgehead atoms. The van der Waals surface area contributed by atoms with E-state index < -0.39 is 0 Å². The first kappa shape index (κ1) is 9.43. The molecule has 3 heteroatoms. The first-order valence-electron chi connectivity index (χ1n) is 3.51. The Morgan fingerprint density at radius 3 is 2.33 bits per heavy atom. The zero-order valence-electron chi connectivity index (χ0n) is 6.48. The lowest BCUT2D eigenvalue weighted by molar-refractivity contribution is 0.873. The van der Waals surface area contributed by atoms with Gasteiger partial charge in [0.15, 0.2) is 0 Å². The van der Waals surface area contributed by atoms with Crippen LogP contribution in [0.25, 0.3) is 0 Å². The molecule has 0 aromatic heterocycles. The topological polar surface area (TPSA) is 12.0 Å². The first-order valence-corrected chi connectivity index (χ1v) is 4.27. The maximum absolute atomic E-state index is 5.79. The third-order valence-corrected chi connectivity index (χ3v) is 1.81. The highest BCUT2D eigenvalue weighted by Gasteiger charge is 1.96. The van der Waals surface area contributed by atoms with Gasteiger partial charge in [-0.1, -0.05) is 29.8 Å². The Kier molecular flexibility index (Phi) is 3.45. The van der Waals surface area contributed by atoms with Crippen LogP contribution in [0, 0.1) is 0 Å². The molecule has 0 aliphatic carbocycles. The van der Waals surface area contributed by atoms with Gasteiger partial charge in [0.1, 0.15) is 0 Å². The Bertz CT molecular complexity index is 264. The largest absolute Gasteiger partial charge is 0.387 e. The van der Waals surface area contributed by atoms with Crippen molar-refractivity contribution in [1.29, 1.82) is 0 Å². The summed E-state index contributed by atoms with van der Waals surface area (Å²) in [6.07, 6.45) is 1.63. The summed E-state index contributed by atoms with van der Waals surface area (Å²) in [7, 11) is 0. The number of halogens is 2. The van der Waals surface area contributed by atoms with Gasteiger partial charge in [-0.25, -0.2) is 0 Å². The molecule has 0 atom stereocenters. The first-order chi connectivity index (χ1) is 5.72. The summed E-state index contributed by atoms with van der Waals surface area (Å²) in [4.78, 5) is 0. The van der Waals surface area contributed by atoms with Crippen LogP contribution in [0.2, 0.25) is 10.0 Å². The summed E-state index contributed by atoms with van der Waals surface area (Å²) in [6.45, 7) is 4.24. The minimum absolute atomic E-state index is 0.656. The lowest BCUT2D eigenvalue weighted by Gasteiger charge is -2.02. The summed E-state index contributed by atoms with van der Waals surface area (Å²) in [5.41, 5.74) is 1.05. The maximum atomic E-state index is 5.79. The Balaban J connectivity index is 2.78. The van der Waals surface area contributed by atoms with Gasteiger partial charge in [0.05, 0.1) is 0 Å². The van der Waals surface area contributed by atoms with Gasteiger partial charge in [0.25, 0.3) is 0 Å². The molecule has 1 aromatic carbocycles. The predicted octanol–water partition coefficient (Wildman–Crippen LogP) is 3.23. The third kappa shape index (κ3) is 2.76. The van der Waals surface area contributed by atoms with E-state index in [1.54, 1.807) is 12.3 Å². The Labute approximate surface area is 82.0 Å². The number of benzene rings is 1. The van der Waals surface area contributed by atoms with Crippen LogP contribution in [0.4, 0.5) is 0 Å². The number of nitrogens with one attached hydrogen (secondary N) is 1. The fourth-order valence-electron chi connectivity index (χ4n) is 0.903. The van der Waals surface area contributed by atoms with Crippen molar-refractivity contribution in [3.05, 3.63) is 46.6 Å². The highest BCUT2D eigenvalue weighted by Crippen LogP contribution is 2.18. The monoisotopic (exact) mass is 201 g/mol. The molecule has 12 heavy (non-hydrogen) atoms. The zero-order chi connectivity index (χ0) is 8.97. The summed E-state index contributed by atoms with van der Waals surface area (Å²) in [5, 5.41) is 4.28. The van der Waals surface area contributed by atoms with Gasteiger partial charge in [-0.3, -0.25) is 0 Å². The van der Waals surface area contributed by atoms with Crippen molar-refractivity contribution in [2.45, 2.75) is 6.54 Å². The van der Waals surface area contributed by atoms with E-state index in [0.717, 1.165) is 5.56 Å². The number of rotatable bonds is 3. The van der Waals surface area contributed by atoms with E-state index in [1.165, 1.54) is 0 Å². The molecule has 0 heterocycles. The molecule has 64 valence electrons. The van der Waals surface area contributed by atoms with Crippen molar-refractivity contribution in [2.75, 3.05) is 0 Å². The minimum atomic E-state index is 0.656. The van der Waals surface area contributed by atoms with Crippen LogP contribution in [0.15, 0.2) is 31.0 Å². The van der Waals surface area contributed by atoms with Crippen LogP contribution >= 0.6 is 23.2 Å². The molecular formula is C9H9Cl2N. The molecule has 0 saturated carbocycles. The van der Waals surface area contributed by atoms with Gasteiger partial charge in [-0.15, -0.1) is 0 Å². The van der Waals surface area contributed by atoms with Crippen molar-refractivity contribution in [3.8, 4) is 0 Å². The molecule has 0 amide bonds. The van der Waals surface area contributed by atoms with Crippen LogP contribution in [-0.4, -0.2) is 0 Å². The Morgan fingerprint density at radius 2 is 1.83 bits per heavy atom. The predicted molar refractivity (Wildman–Crippen MR) is 53.5 cm³/mol. The van der Waals surface area contributed by atoms with Crippen molar-refractivity contribution in [2.24, 2.45) is 0 Å². The third-order valence-electron chi connectivity index (χ3n) is 1.37. The molecule has 1 nitrogen and oxygen atoms in total. The van der Waals surface area contributed by atoms with E-state index in [2.05, 4.69) is 11.9 Å². The quantitative estimate of drug-likeness (QED) is 0.793. The molecule has 0 spiro atoms. The second kappa shape index (κ2) is 4.39. The second-order valence-corrected chi connectivity index (χ2v) is 3.24. The van der Waals surface area contributed by atoms with Crippen LogP contribution < -0.4 is 5.32 Å². The molecule has 0 aliphatic heterocycles. The fraction of sp³-hybridized carbons (Fsp3) is 0.111. The molecule has 0 radical (unpaired) electrons. The average Bonchev–Trinajstić information content (AvgIpc) is 1.99. The van der Waals surface area contributed by atoms with Gasteiger partial charge in [0.2, 0.25) is 0 Å². The molecule has 1 rings (SSSR count). The Hall–Kier alpha value is -0.660. The van der Waals surface area contributed by atoms with Crippen LogP contribution in [0.1, 0.15) is 5.56 Å².